The van der Waals surface area contributed by atoms with Gasteiger partial charge in [0.1, 0.15) is 6.10 Å². The summed E-state index contributed by atoms with van der Waals surface area (Å²) in [5.74, 6) is 0.00196. The third-order valence-corrected chi connectivity index (χ3v) is 10.3. The van der Waals surface area contributed by atoms with Crippen LogP contribution in [0.15, 0.2) is 0 Å². The highest BCUT2D eigenvalue weighted by Crippen LogP contribution is 2.18. The summed E-state index contributed by atoms with van der Waals surface area (Å²) in [5.41, 5.74) is 0. The zero-order chi connectivity index (χ0) is 38.7. The van der Waals surface area contributed by atoms with Gasteiger partial charge < -0.3 is 29.0 Å². The molecule has 0 heterocycles. The molecular weight excluding hydrogens is 666 g/mol. The van der Waals surface area contributed by atoms with Crippen LogP contribution in [0.1, 0.15) is 220 Å². The Labute approximate surface area is 328 Å². The number of nitrogens with zero attached hydrogens (tertiary/aromatic N) is 1. The summed E-state index contributed by atoms with van der Waals surface area (Å²) in [6.07, 6.45) is 35.5. The predicted molar refractivity (Wildman–Crippen MR) is 222 cm³/mol. The van der Waals surface area contributed by atoms with Crippen molar-refractivity contribution < 1.29 is 33.6 Å². The fourth-order valence-corrected chi connectivity index (χ4v) is 6.85. The molecular formula is C45H89NO7. The summed E-state index contributed by atoms with van der Waals surface area (Å²) >= 11 is 0. The normalized spacial score (nSPS) is 11.5. The van der Waals surface area contributed by atoms with Crippen LogP contribution in [0, 0.1) is 0 Å². The number of hydrogen-bond acceptors (Lipinski definition) is 8. The van der Waals surface area contributed by atoms with Gasteiger partial charge in [0.25, 0.3) is 0 Å². The van der Waals surface area contributed by atoms with E-state index in [2.05, 4.69) is 25.7 Å². The fourth-order valence-electron chi connectivity index (χ4n) is 6.85. The van der Waals surface area contributed by atoms with Crippen LogP contribution < -0.4 is 0 Å². The number of aliphatic hydroxyl groups is 1. The van der Waals surface area contributed by atoms with Crippen molar-refractivity contribution in [3.8, 4) is 0 Å². The maximum atomic E-state index is 12.7. The smallest absolute Gasteiger partial charge is 0.462 e. The van der Waals surface area contributed by atoms with E-state index in [0.29, 0.717) is 32.8 Å². The van der Waals surface area contributed by atoms with Crippen LogP contribution in [-0.2, 0) is 23.7 Å². The Hall–Kier alpha value is -1.38. The molecule has 0 unspecified atom stereocenters. The minimum Gasteiger partial charge on any atom is -0.462 e. The van der Waals surface area contributed by atoms with Crippen molar-refractivity contribution in [2.24, 2.45) is 0 Å². The number of carbonyl (C=O) groups is 2. The van der Waals surface area contributed by atoms with Crippen LogP contribution in [-0.4, -0.2) is 80.9 Å². The molecule has 0 radical (unpaired) electrons. The molecule has 8 heteroatoms. The first kappa shape index (κ1) is 51.6. The Kier molecular flexibility index (Phi) is 42.2. The lowest BCUT2D eigenvalue weighted by Crippen LogP contribution is -2.30. The van der Waals surface area contributed by atoms with E-state index in [1.165, 1.54) is 116 Å². The van der Waals surface area contributed by atoms with E-state index >= 15 is 0 Å². The number of aliphatic hydroxyl groups excluding tert-OH is 1. The average molecular weight is 756 g/mol. The first-order valence-corrected chi connectivity index (χ1v) is 23.0. The third-order valence-electron chi connectivity index (χ3n) is 10.3. The highest BCUT2D eigenvalue weighted by molar-refractivity contribution is 5.69. The van der Waals surface area contributed by atoms with Crippen LogP contribution in [0.5, 0.6) is 0 Å². The van der Waals surface area contributed by atoms with Gasteiger partial charge in [-0.05, 0) is 77.3 Å². The molecule has 0 aromatic rings. The van der Waals surface area contributed by atoms with Gasteiger partial charge >= 0.3 is 12.1 Å². The molecule has 0 bridgehead atoms. The maximum Gasteiger partial charge on any atom is 0.508 e. The Morgan fingerprint density at radius 3 is 1.38 bits per heavy atom. The quantitative estimate of drug-likeness (QED) is 0.0485. The summed E-state index contributed by atoms with van der Waals surface area (Å²) in [7, 11) is 0. The van der Waals surface area contributed by atoms with E-state index in [0.717, 1.165) is 96.7 Å². The van der Waals surface area contributed by atoms with E-state index in [4.69, 9.17) is 24.1 Å². The molecule has 0 rings (SSSR count). The second kappa shape index (κ2) is 43.3. The van der Waals surface area contributed by atoms with Crippen molar-refractivity contribution in [2.75, 3.05) is 52.7 Å². The predicted octanol–water partition coefficient (Wildman–Crippen LogP) is 12.5. The molecule has 0 saturated carbocycles. The van der Waals surface area contributed by atoms with Gasteiger partial charge in [-0.2, -0.15) is 0 Å². The molecule has 8 nitrogen and oxygen atoms in total. The molecule has 0 fully saturated rings. The van der Waals surface area contributed by atoms with Crippen molar-refractivity contribution >= 4 is 12.1 Å². The Morgan fingerprint density at radius 2 is 0.887 bits per heavy atom. The average Bonchev–Trinajstić information content (AvgIpc) is 3.15. The number of esters is 1. The van der Waals surface area contributed by atoms with Crippen LogP contribution in [0.3, 0.4) is 0 Å². The molecule has 316 valence electrons. The number of carbonyl (C=O) groups excluding carboxylic acids is 2. The van der Waals surface area contributed by atoms with Crippen molar-refractivity contribution in [1.82, 2.24) is 4.90 Å². The molecule has 0 amide bonds. The molecule has 53 heavy (non-hydrogen) atoms. The molecule has 0 spiro atoms. The van der Waals surface area contributed by atoms with Gasteiger partial charge in [0.15, 0.2) is 0 Å². The first-order valence-electron chi connectivity index (χ1n) is 23.0. The van der Waals surface area contributed by atoms with Crippen molar-refractivity contribution in [3.63, 3.8) is 0 Å². The van der Waals surface area contributed by atoms with E-state index in [1.54, 1.807) is 0 Å². The summed E-state index contributed by atoms with van der Waals surface area (Å²) in [6.45, 7) is 11.5. The largest absolute Gasteiger partial charge is 0.508 e. The number of ether oxygens (including phenoxy) is 4. The number of rotatable bonds is 43. The van der Waals surface area contributed by atoms with E-state index in [-0.39, 0.29) is 18.7 Å². The highest BCUT2D eigenvalue weighted by atomic mass is 16.7. The Morgan fingerprint density at radius 1 is 0.472 bits per heavy atom. The Balaban J connectivity index is 4.17. The van der Waals surface area contributed by atoms with Gasteiger partial charge in [-0.25, -0.2) is 4.79 Å². The van der Waals surface area contributed by atoms with Gasteiger partial charge in [-0.3, -0.25) is 4.79 Å². The molecule has 0 aliphatic rings. The van der Waals surface area contributed by atoms with Gasteiger partial charge in [-0.15, -0.1) is 0 Å². The maximum absolute atomic E-state index is 12.7. The zero-order valence-corrected chi connectivity index (χ0v) is 35.5. The molecule has 0 atom stereocenters. The fraction of sp³-hybridized carbons (Fsp3) is 0.956. The third kappa shape index (κ3) is 40.1. The number of unbranched alkanes of at least 4 members (excludes halogenated alkanes) is 23. The summed E-state index contributed by atoms with van der Waals surface area (Å²) in [6, 6.07) is 0. The van der Waals surface area contributed by atoms with E-state index in [1.807, 2.05) is 0 Å². The number of hydrogen-bond donors (Lipinski definition) is 1. The lowest BCUT2D eigenvalue weighted by atomic mass is 10.0. The summed E-state index contributed by atoms with van der Waals surface area (Å²) in [4.78, 5) is 27.1. The molecule has 0 aromatic carbocycles. The van der Waals surface area contributed by atoms with Gasteiger partial charge in [-0.1, -0.05) is 149 Å². The second-order valence-electron chi connectivity index (χ2n) is 15.4. The van der Waals surface area contributed by atoms with Crippen molar-refractivity contribution in [1.29, 1.82) is 0 Å². The molecule has 0 aliphatic carbocycles. The molecule has 0 aromatic heterocycles. The van der Waals surface area contributed by atoms with Crippen molar-refractivity contribution in [2.45, 2.75) is 226 Å². The first-order chi connectivity index (χ1) is 26.1. The molecule has 0 saturated heterocycles. The molecule has 0 aliphatic heterocycles. The van der Waals surface area contributed by atoms with Crippen LogP contribution in [0.4, 0.5) is 4.79 Å². The van der Waals surface area contributed by atoms with Crippen molar-refractivity contribution in [3.05, 3.63) is 0 Å². The van der Waals surface area contributed by atoms with E-state index < -0.39 is 6.16 Å². The van der Waals surface area contributed by atoms with Crippen LogP contribution in [0.25, 0.3) is 0 Å². The minimum absolute atomic E-state index is 0.00196. The van der Waals surface area contributed by atoms with Gasteiger partial charge in [0.2, 0.25) is 0 Å². The van der Waals surface area contributed by atoms with Gasteiger partial charge in [0, 0.05) is 13.0 Å². The second-order valence-corrected chi connectivity index (χ2v) is 15.4. The highest BCUT2D eigenvalue weighted by Gasteiger charge is 2.14. The Bertz CT molecular complexity index is 736. The van der Waals surface area contributed by atoms with Crippen LogP contribution in [0.2, 0.25) is 0 Å². The monoisotopic (exact) mass is 756 g/mol. The van der Waals surface area contributed by atoms with Gasteiger partial charge in [0.05, 0.1) is 33.0 Å². The topological polar surface area (TPSA) is 94.5 Å². The lowest BCUT2D eigenvalue weighted by Gasteiger charge is -2.22. The zero-order valence-electron chi connectivity index (χ0n) is 35.5. The standard InChI is InChI=1S/C45H89NO7/c1-4-7-10-13-16-17-23-30-39-51-45(49)52-40-31-24-29-36-46(37-41-50-42-38-47)35-28-22-18-21-27-34-44(48)53-43(32-25-19-14-11-8-5-2)33-26-20-15-12-9-6-3/h43,47H,4-42H2,1-3H3. The molecule has 1 N–H and O–H groups in total. The van der Waals surface area contributed by atoms with E-state index in [9.17, 15) is 9.59 Å². The van der Waals surface area contributed by atoms with Crippen LogP contribution >= 0.6 is 0 Å². The summed E-state index contributed by atoms with van der Waals surface area (Å²) in [5, 5.41) is 9.05. The lowest BCUT2D eigenvalue weighted by molar-refractivity contribution is -0.150. The minimum atomic E-state index is -0.538. The summed E-state index contributed by atoms with van der Waals surface area (Å²) < 4.78 is 22.1. The SMILES string of the molecule is CCCCCCCCCCOC(=O)OCCCCCN(CCCCCCCC(=O)OC(CCCCCCCC)CCCCCCCC)CCOCCO.